The van der Waals surface area contributed by atoms with E-state index in [1.54, 1.807) is 0 Å². The monoisotopic (exact) mass is 274 g/mol. The first-order chi connectivity index (χ1) is 9.59. The number of nitrogens with one attached hydrogen (secondary N) is 1. The number of benzene rings is 1. The summed E-state index contributed by atoms with van der Waals surface area (Å²) in [7, 11) is 1.95. The molecule has 1 N–H and O–H groups in total. The van der Waals surface area contributed by atoms with E-state index >= 15 is 0 Å². The minimum atomic E-state index is 0.236. The summed E-state index contributed by atoms with van der Waals surface area (Å²) in [6.45, 7) is 4.96. The number of nitrogens with zero attached hydrogens (tertiary/aromatic N) is 1. The third-order valence-electron chi connectivity index (χ3n) is 4.09. The SMILES string of the molecule is CC(C)NCCC(=O)N(C)C1CCCc2ccccc21. The molecule has 2 rings (SSSR count). The molecule has 1 amide bonds. The molecule has 0 spiro atoms. The maximum Gasteiger partial charge on any atom is 0.224 e. The van der Waals surface area contributed by atoms with Crippen LogP contribution in [0.5, 0.6) is 0 Å². The van der Waals surface area contributed by atoms with E-state index in [-0.39, 0.29) is 11.9 Å². The van der Waals surface area contributed by atoms with Gasteiger partial charge in [0.25, 0.3) is 0 Å². The number of hydrogen-bond donors (Lipinski definition) is 1. The molecule has 0 saturated heterocycles. The van der Waals surface area contributed by atoms with Crippen molar-refractivity contribution in [1.29, 1.82) is 0 Å². The molecular formula is C17H26N2O. The van der Waals surface area contributed by atoms with Gasteiger partial charge >= 0.3 is 0 Å². The molecule has 3 nitrogen and oxygen atoms in total. The van der Waals surface area contributed by atoms with Crippen molar-refractivity contribution >= 4 is 5.91 Å². The summed E-state index contributed by atoms with van der Waals surface area (Å²) in [6, 6.07) is 9.23. The lowest BCUT2D eigenvalue weighted by molar-refractivity contribution is -0.132. The predicted molar refractivity (Wildman–Crippen MR) is 82.6 cm³/mol. The van der Waals surface area contributed by atoms with E-state index in [0.717, 1.165) is 19.4 Å². The first kappa shape index (κ1) is 15.0. The quantitative estimate of drug-likeness (QED) is 0.895. The van der Waals surface area contributed by atoms with Crippen molar-refractivity contribution in [3.05, 3.63) is 35.4 Å². The summed E-state index contributed by atoms with van der Waals surface area (Å²) >= 11 is 0. The van der Waals surface area contributed by atoms with Crippen LogP contribution < -0.4 is 5.32 Å². The van der Waals surface area contributed by atoms with E-state index in [4.69, 9.17) is 0 Å². The van der Waals surface area contributed by atoms with Gasteiger partial charge in [0.1, 0.15) is 0 Å². The fourth-order valence-electron chi connectivity index (χ4n) is 2.95. The van der Waals surface area contributed by atoms with Crippen molar-refractivity contribution in [2.45, 2.75) is 51.6 Å². The fourth-order valence-corrected chi connectivity index (χ4v) is 2.95. The number of hydrogen-bond acceptors (Lipinski definition) is 2. The Morgan fingerprint density at radius 3 is 2.90 bits per heavy atom. The molecule has 110 valence electrons. The van der Waals surface area contributed by atoms with Gasteiger partial charge in [-0.05, 0) is 30.4 Å². The van der Waals surface area contributed by atoms with E-state index in [1.165, 1.54) is 17.5 Å². The molecule has 0 aromatic heterocycles. The van der Waals surface area contributed by atoms with Gasteiger partial charge in [-0.1, -0.05) is 38.1 Å². The highest BCUT2D eigenvalue weighted by molar-refractivity contribution is 5.76. The van der Waals surface area contributed by atoms with E-state index in [1.807, 2.05) is 11.9 Å². The van der Waals surface area contributed by atoms with Crippen LogP contribution in [-0.4, -0.2) is 30.4 Å². The molecule has 0 fully saturated rings. The van der Waals surface area contributed by atoms with Crippen LogP contribution in [0.3, 0.4) is 0 Å². The van der Waals surface area contributed by atoms with Crippen LogP contribution in [-0.2, 0) is 11.2 Å². The minimum absolute atomic E-state index is 0.236. The molecule has 1 aliphatic rings. The second-order valence-electron chi connectivity index (χ2n) is 5.97. The van der Waals surface area contributed by atoms with Crippen LogP contribution >= 0.6 is 0 Å². The fraction of sp³-hybridized carbons (Fsp3) is 0.588. The molecule has 1 atom stereocenters. The highest BCUT2D eigenvalue weighted by Gasteiger charge is 2.25. The molecule has 20 heavy (non-hydrogen) atoms. The van der Waals surface area contributed by atoms with Crippen LogP contribution in [0.1, 0.15) is 50.3 Å². The summed E-state index contributed by atoms with van der Waals surface area (Å²) in [5.41, 5.74) is 2.75. The Morgan fingerprint density at radius 2 is 2.15 bits per heavy atom. The van der Waals surface area contributed by atoms with Gasteiger partial charge in [0, 0.05) is 26.1 Å². The number of amides is 1. The van der Waals surface area contributed by atoms with Gasteiger partial charge < -0.3 is 10.2 Å². The summed E-state index contributed by atoms with van der Waals surface area (Å²) in [4.78, 5) is 14.3. The highest BCUT2D eigenvalue weighted by atomic mass is 16.2. The highest BCUT2D eigenvalue weighted by Crippen LogP contribution is 2.33. The normalized spacial score (nSPS) is 17.9. The lowest BCUT2D eigenvalue weighted by Crippen LogP contribution is -2.35. The largest absolute Gasteiger partial charge is 0.339 e. The lowest BCUT2D eigenvalue weighted by atomic mass is 9.87. The molecule has 0 bridgehead atoms. The molecule has 0 radical (unpaired) electrons. The number of aryl methyl sites for hydroxylation is 1. The van der Waals surface area contributed by atoms with Gasteiger partial charge in [-0.3, -0.25) is 4.79 Å². The average molecular weight is 274 g/mol. The minimum Gasteiger partial charge on any atom is -0.339 e. The zero-order valence-corrected chi connectivity index (χ0v) is 12.9. The zero-order chi connectivity index (χ0) is 14.5. The van der Waals surface area contributed by atoms with Crippen LogP contribution in [0.2, 0.25) is 0 Å². The Bertz CT molecular complexity index is 456. The smallest absolute Gasteiger partial charge is 0.224 e. The van der Waals surface area contributed by atoms with Crippen LogP contribution in [0.25, 0.3) is 0 Å². The van der Waals surface area contributed by atoms with Gasteiger partial charge in [0.2, 0.25) is 5.91 Å². The van der Waals surface area contributed by atoms with Crippen molar-refractivity contribution in [2.24, 2.45) is 0 Å². The number of carbonyl (C=O) groups is 1. The van der Waals surface area contributed by atoms with Crippen LogP contribution in [0.15, 0.2) is 24.3 Å². The molecule has 0 heterocycles. The standard InChI is InChI=1S/C17H26N2O/c1-13(2)18-12-11-17(20)19(3)16-10-6-8-14-7-4-5-9-15(14)16/h4-5,7,9,13,16,18H,6,8,10-12H2,1-3H3. The van der Waals surface area contributed by atoms with Crippen molar-refractivity contribution in [3.63, 3.8) is 0 Å². The van der Waals surface area contributed by atoms with Gasteiger partial charge in [-0.15, -0.1) is 0 Å². The molecule has 0 saturated carbocycles. The van der Waals surface area contributed by atoms with Gasteiger partial charge in [-0.25, -0.2) is 0 Å². The van der Waals surface area contributed by atoms with E-state index in [9.17, 15) is 4.79 Å². The summed E-state index contributed by atoms with van der Waals surface area (Å²) in [5, 5.41) is 3.31. The van der Waals surface area contributed by atoms with E-state index in [0.29, 0.717) is 12.5 Å². The Kier molecular flexibility index (Phi) is 5.18. The Morgan fingerprint density at radius 1 is 1.40 bits per heavy atom. The topological polar surface area (TPSA) is 32.3 Å². The first-order valence-corrected chi connectivity index (χ1v) is 7.66. The van der Waals surface area contributed by atoms with Crippen molar-refractivity contribution in [1.82, 2.24) is 10.2 Å². The van der Waals surface area contributed by atoms with Gasteiger partial charge in [0.15, 0.2) is 0 Å². The summed E-state index contributed by atoms with van der Waals surface area (Å²) in [6.07, 6.45) is 3.97. The molecule has 1 aromatic rings. The summed E-state index contributed by atoms with van der Waals surface area (Å²) in [5.74, 6) is 0.236. The van der Waals surface area contributed by atoms with Crippen LogP contribution in [0.4, 0.5) is 0 Å². The second-order valence-corrected chi connectivity index (χ2v) is 5.97. The third-order valence-corrected chi connectivity index (χ3v) is 4.09. The maximum absolute atomic E-state index is 12.3. The molecule has 3 heteroatoms. The van der Waals surface area contributed by atoms with E-state index in [2.05, 4.69) is 43.4 Å². The number of carbonyl (C=O) groups excluding carboxylic acids is 1. The Balaban J connectivity index is 1.99. The summed E-state index contributed by atoms with van der Waals surface area (Å²) < 4.78 is 0. The average Bonchev–Trinajstić information content (AvgIpc) is 2.45. The molecular weight excluding hydrogens is 248 g/mol. The predicted octanol–water partition coefficient (Wildman–Crippen LogP) is 2.91. The molecule has 1 aromatic carbocycles. The Hall–Kier alpha value is -1.35. The first-order valence-electron chi connectivity index (χ1n) is 7.66. The number of fused-ring (bicyclic) bond motifs is 1. The van der Waals surface area contributed by atoms with E-state index < -0.39 is 0 Å². The third kappa shape index (κ3) is 3.60. The number of rotatable bonds is 5. The molecule has 1 unspecified atom stereocenters. The molecule has 0 aliphatic heterocycles. The van der Waals surface area contributed by atoms with Gasteiger partial charge in [-0.2, -0.15) is 0 Å². The van der Waals surface area contributed by atoms with Gasteiger partial charge in [0.05, 0.1) is 6.04 Å². The van der Waals surface area contributed by atoms with Crippen LogP contribution in [0, 0.1) is 0 Å². The maximum atomic E-state index is 12.3. The lowest BCUT2D eigenvalue weighted by Gasteiger charge is -2.33. The van der Waals surface area contributed by atoms with Crippen molar-refractivity contribution in [2.75, 3.05) is 13.6 Å². The second kappa shape index (κ2) is 6.89. The zero-order valence-electron chi connectivity index (χ0n) is 12.9. The Labute approximate surface area is 122 Å². The molecule has 1 aliphatic carbocycles. The van der Waals surface area contributed by atoms with Crippen molar-refractivity contribution in [3.8, 4) is 0 Å². The van der Waals surface area contributed by atoms with Crippen molar-refractivity contribution < 1.29 is 4.79 Å².